The second-order valence-electron chi connectivity index (χ2n) is 0.671. The minimum Gasteiger partial charge on any atom is -0.822 e. The molecule has 0 unspecified atom stereocenters. The average Bonchev–Trinajstić information content (AvgIpc) is 1.19. The molecule has 0 bridgehead atoms. The third kappa shape index (κ3) is 611. The Morgan fingerprint density at radius 1 is 1.10 bits per heavy atom. The summed E-state index contributed by atoms with van der Waals surface area (Å²) in [5.41, 5.74) is 0. The fraction of sp³-hybridized carbons (Fsp3) is 0. The Balaban J connectivity index is -0.0000000910. The van der Waals surface area contributed by atoms with E-state index in [0.29, 0.717) is 0 Å². The van der Waals surface area contributed by atoms with Crippen molar-refractivity contribution in [1.29, 1.82) is 0 Å². The minimum atomic E-state index is -5.39. The summed E-state index contributed by atoms with van der Waals surface area (Å²) < 4.78 is 8.55. The van der Waals surface area contributed by atoms with Gasteiger partial charge < -0.3 is 34.6 Å². The van der Waals surface area contributed by atoms with E-state index in [-0.39, 0.29) is 7.43 Å². The molecule has 0 aromatic carbocycles. The normalized spacial score (nSPS) is 8.30. The molecule has 8 nitrogen and oxygen atoms in total. The number of rotatable bonds is 0. The van der Waals surface area contributed by atoms with Gasteiger partial charge in [0, 0.05) is 0 Å². The molecule has 0 rings (SSSR count). The topological polar surface area (TPSA) is 152 Å². The third-order valence-corrected chi connectivity index (χ3v) is 0. The summed E-state index contributed by atoms with van der Waals surface area (Å²) in [5, 5.41) is 14.8. The summed E-state index contributed by atoms with van der Waals surface area (Å²) in [5.74, 6) is 0. The van der Waals surface area contributed by atoms with Gasteiger partial charge in [-0.05, 0) is 0 Å². The minimum absolute atomic E-state index is 0. The van der Waals surface area contributed by atoms with Crippen molar-refractivity contribution in [2.75, 3.05) is 0 Å². The summed E-state index contributed by atoms with van der Waals surface area (Å²) in [6, 6.07) is 0. The average molecular weight is 169 g/mol. The van der Waals surface area contributed by atoms with Gasteiger partial charge in [0.05, 0.1) is 5.09 Å². The first-order valence-electron chi connectivity index (χ1n) is 1.28. The van der Waals surface area contributed by atoms with E-state index in [2.05, 4.69) is 0 Å². The van der Waals surface area contributed by atoms with E-state index in [4.69, 9.17) is 34.6 Å². The van der Waals surface area contributed by atoms with Gasteiger partial charge in [-0.1, -0.05) is 0 Å². The SMILES string of the molecule is O=P([O-])([O-])[O-].O=[N+]([O-])[O-].[C+4]. The predicted molar refractivity (Wildman–Crippen MR) is 21.2 cm³/mol. The number of hydrogen-bond donors (Lipinski definition) is 0. The number of phosphoric acid groups is 1. The molecule has 0 fully saturated rings. The molecule has 0 aromatic heterocycles. The molecular weight excluding hydrogens is 169 g/mol. The van der Waals surface area contributed by atoms with Crippen molar-refractivity contribution in [2.24, 2.45) is 0 Å². The van der Waals surface area contributed by atoms with Gasteiger partial charge >= 0.3 is 7.43 Å². The van der Waals surface area contributed by atoms with Gasteiger partial charge in [0.25, 0.3) is 0 Å². The van der Waals surface area contributed by atoms with E-state index in [9.17, 15) is 0 Å². The fourth-order valence-electron chi connectivity index (χ4n) is 0. The van der Waals surface area contributed by atoms with Crippen LogP contribution >= 0.6 is 7.82 Å². The van der Waals surface area contributed by atoms with E-state index in [1.807, 2.05) is 0 Å². The first-order chi connectivity index (χ1) is 3.73. The van der Waals surface area contributed by atoms with Crippen LogP contribution in [0.25, 0.3) is 0 Å². The summed E-state index contributed by atoms with van der Waals surface area (Å²) in [7, 11) is -5.39. The van der Waals surface area contributed by atoms with Crippen LogP contribution < -0.4 is 14.7 Å². The van der Waals surface area contributed by atoms with Crippen LogP contribution in [0, 0.1) is 22.7 Å². The maximum atomic E-state index is 8.55. The predicted octanol–water partition coefficient (Wildman–Crippen LogP) is -2.98. The van der Waals surface area contributed by atoms with Crippen molar-refractivity contribution < 1.29 is 24.3 Å². The molecule has 10 heavy (non-hydrogen) atoms. The molecular formula is CNO7P. The van der Waals surface area contributed by atoms with Crippen molar-refractivity contribution in [2.45, 2.75) is 0 Å². The monoisotopic (exact) mass is 169 g/mol. The van der Waals surface area contributed by atoms with E-state index < -0.39 is 12.9 Å². The molecule has 0 atom stereocenters. The van der Waals surface area contributed by atoms with Crippen LogP contribution in [0.15, 0.2) is 0 Å². The smallest absolute Gasteiger partial charge is 0.822 e. The van der Waals surface area contributed by atoms with Crippen molar-refractivity contribution in [3.05, 3.63) is 22.7 Å². The van der Waals surface area contributed by atoms with Gasteiger partial charge in [-0.3, -0.25) is 0 Å². The molecule has 0 N–H and O–H groups in total. The van der Waals surface area contributed by atoms with E-state index in [1.165, 1.54) is 0 Å². The third-order valence-electron chi connectivity index (χ3n) is 0. The zero-order valence-electron chi connectivity index (χ0n) is 4.25. The second kappa shape index (κ2) is 6.43. The summed E-state index contributed by atoms with van der Waals surface area (Å²) in [4.78, 5) is 33.9. The molecule has 0 aliphatic carbocycles. The Bertz CT molecular complexity index is 113. The Kier molecular flexibility index (Phi) is 10.4. The molecule has 56 valence electrons. The van der Waals surface area contributed by atoms with Crippen LogP contribution in [0.2, 0.25) is 0 Å². The number of nitrogens with zero attached hydrogens (tertiary/aromatic N) is 1. The molecule has 0 amide bonds. The fourth-order valence-corrected chi connectivity index (χ4v) is 0. The van der Waals surface area contributed by atoms with Gasteiger partial charge in [-0.2, -0.15) is 7.82 Å². The zero-order chi connectivity index (χ0) is 8.08. The van der Waals surface area contributed by atoms with Crippen molar-refractivity contribution in [1.82, 2.24) is 0 Å². The maximum Gasteiger partial charge on any atom is 4.00 e. The molecule has 0 saturated heterocycles. The Morgan fingerprint density at radius 3 is 1.10 bits per heavy atom. The molecule has 0 aromatic rings. The largest absolute Gasteiger partial charge is 4.00 e. The summed E-state index contributed by atoms with van der Waals surface area (Å²) in [6.07, 6.45) is 0. The van der Waals surface area contributed by atoms with Gasteiger partial charge in [0.15, 0.2) is 0 Å². The standard InChI is InChI=1S/C.NO3.H3O4P/c;2-1(3)4;1-5(2,3)4/h;;(H3,1,2,3,4)/q+4;-1;/p-3. The molecule has 9 heteroatoms. The van der Waals surface area contributed by atoms with E-state index >= 15 is 0 Å². The molecule has 0 saturated carbocycles. The summed E-state index contributed by atoms with van der Waals surface area (Å²) >= 11 is 0. The van der Waals surface area contributed by atoms with Crippen LogP contribution in [0.5, 0.6) is 0 Å². The van der Waals surface area contributed by atoms with Gasteiger partial charge in [-0.15, -0.1) is 0 Å². The molecule has 0 aliphatic heterocycles. The first kappa shape index (κ1) is 16.1. The van der Waals surface area contributed by atoms with Gasteiger partial charge in [-0.25, -0.2) is 0 Å². The molecule has 0 aliphatic rings. The summed E-state index contributed by atoms with van der Waals surface area (Å²) in [6.45, 7) is 0. The van der Waals surface area contributed by atoms with Crippen LogP contribution in [-0.4, -0.2) is 5.09 Å². The van der Waals surface area contributed by atoms with E-state index in [1.54, 1.807) is 0 Å². The molecule has 0 heterocycles. The van der Waals surface area contributed by atoms with Crippen molar-refractivity contribution in [3.63, 3.8) is 0 Å². The van der Waals surface area contributed by atoms with Crippen LogP contribution in [-0.2, 0) is 4.57 Å². The van der Waals surface area contributed by atoms with Crippen molar-refractivity contribution >= 4 is 7.82 Å². The van der Waals surface area contributed by atoms with Crippen molar-refractivity contribution in [3.8, 4) is 0 Å². The van der Waals surface area contributed by atoms with Crippen LogP contribution in [0.3, 0.4) is 0 Å². The number of hydrogen-bond acceptors (Lipinski definition) is 7. The van der Waals surface area contributed by atoms with Crippen LogP contribution in [0.4, 0.5) is 0 Å². The Labute approximate surface area is 56.1 Å². The zero-order valence-corrected chi connectivity index (χ0v) is 5.15. The Hall–Kier alpha value is -0.690. The van der Waals surface area contributed by atoms with E-state index in [0.717, 1.165) is 0 Å². The second-order valence-corrected chi connectivity index (χ2v) is 1.57. The molecule has 0 radical (unpaired) electrons. The maximum absolute atomic E-state index is 8.55. The first-order valence-corrected chi connectivity index (χ1v) is 2.74. The quantitative estimate of drug-likeness (QED) is 0.213. The van der Waals surface area contributed by atoms with Gasteiger partial charge in [0.2, 0.25) is 0 Å². The molecule has 0 spiro atoms. The van der Waals surface area contributed by atoms with Crippen LogP contribution in [0.1, 0.15) is 0 Å². The van der Waals surface area contributed by atoms with Gasteiger partial charge in [0.1, 0.15) is 0 Å². The Morgan fingerprint density at radius 2 is 1.10 bits per heavy atom.